The summed E-state index contributed by atoms with van der Waals surface area (Å²) in [6.45, 7) is 0. The summed E-state index contributed by atoms with van der Waals surface area (Å²) in [4.78, 5) is 0. The Bertz CT molecular complexity index is 8.88. The molecule has 0 amide bonds. The van der Waals surface area contributed by atoms with Crippen LogP contribution in [0.3, 0.4) is 0 Å². The van der Waals surface area contributed by atoms with Crippen molar-refractivity contribution in [3.8, 4) is 0 Å². The van der Waals surface area contributed by atoms with Gasteiger partial charge in [-0.2, -0.15) is 0 Å². The van der Waals surface area contributed by atoms with Crippen LogP contribution in [0.4, 0.5) is 0 Å². The van der Waals surface area contributed by atoms with Crippen LogP contribution >= 0.6 is 9.69 Å². The molecule has 9 heteroatoms. The zero-order valence-corrected chi connectivity index (χ0v) is 8.31. The third kappa shape index (κ3) is 947. The van der Waals surface area contributed by atoms with E-state index in [-0.39, 0.29) is 38.3 Å². The predicted molar refractivity (Wildman–Crippen MR) is 31.1 cm³/mol. The minimum atomic E-state index is 0. The van der Waals surface area contributed by atoms with Gasteiger partial charge in [0.1, 0.15) is 0 Å². The summed E-state index contributed by atoms with van der Waals surface area (Å²) in [5.41, 5.74) is 0. The fourth-order valence-electron chi connectivity index (χ4n) is 0. The third-order valence-corrected chi connectivity index (χ3v) is 0. The van der Waals surface area contributed by atoms with Crippen molar-refractivity contribution >= 4 is 9.69 Å². The Balaban J connectivity index is -0.000000000238. The molecule has 0 atom stereocenters. The summed E-state index contributed by atoms with van der Waals surface area (Å²) in [6, 6.07) is 0. The molecule has 0 bridgehead atoms. The molecule has 0 rings (SSSR count). The summed E-state index contributed by atoms with van der Waals surface area (Å²) in [5, 5.41) is 0. The molecule has 9 heavy (non-hydrogen) atoms. The van der Waals surface area contributed by atoms with E-state index in [1.807, 2.05) is 0 Å². The van der Waals surface area contributed by atoms with E-state index in [0.717, 1.165) is 17.3 Å². The molecule has 65 valence electrons. The Morgan fingerprint density at radius 2 is 0.444 bits per heavy atom. The first-order valence-corrected chi connectivity index (χ1v) is 4.17. The normalized spacial score (nSPS) is 0.778. The third-order valence-electron chi connectivity index (χ3n) is 0. The fourth-order valence-corrected chi connectivity index (χ4v) is 0. The molecular formula is H14ClO7Zn. The standard InChI is InChI=1S/ClH.7H2O.Zn/h1H;7*1H2;/q;;;;;;;;+1/p-1. The first kappa shape index (κ1) is 269. The molecule has 0 aromatic heterocycles. The van der Waals surface area contributed by atoms with E-state index in [9.17, 15) is 0 Å². The van der Waals surface area contributed by atoms with Gasteiger partial charge in [-0.25, -0.2) is 0 Å². The van der Waals surface area contributed by atoms with Crippen LogP contribution < -0.4 is 0 Å². The molecule has 0 radical (unpaired) electrons. The van der Waals surface area contributed by atoms with Gasteiger partial charge in [0.15, 0.2) is 0 Å². The van der Waals surface area contributed by atoms with Crippen LogP contribution in [-0.2, 0) is 17.3 Å². The van der Waals surface area contributed by atoms with Gasteiger partial charge in [0, 0.05) is 0 Å². The second-order valence-electron chi connectivity index (χ2n) is 0. The van der Waals surface area contributed by atoms with E-state index in [2.05, 4.69) is 0 Å². The molecule has 0 aromatic rings. The molecule has 0 heterocycles. The van der Waals surface area contributed by atoms with Crippen LogP contribution in [0.25, 0.3) is 0 Å². The number of halogens is 1. The van der Waals surface area contributed by atoms with Gasteiger partial charge in [0.05, 0.1) is 0 Å². The Kier molecular flexibility index (Phi) is 37500. The van der Waals surface area contributed by atoms with E-state index >= 15 is 0 Å². The molecule has 0 saturated heterocycles. The van der Waals surface area contributed by atoms with Gasteiger partial charge in [-0.3, -0.25) is 0 Å². The van der Waals surface area contributed by atoms with E-state index in [1.165, 1.54) is 0 Å². The van der Waals surface area contributed by atoms with E-state index in [0.29, 0.717) is 0 Å². The van der Waals surface area contributed by atoms with Crippen LogP contribution in [-0.4, -0.2) is 38.3 Å². The Morgan fingerprint density at radius 1 is 0.444 bits per heavy atom. The van der Waals surface area contributed by atoms with Crippen molar-refractivity contribution in [2.45, 2.75) is 0 Å². The van der Waals surface area contributed by atoms with Crippen molar-refractivity contribution in [3.63, 3.8) is 0 Å². The van der Waals surface area contributed by atoms with Crippen molar-refractivity contribution in [1.82, 2.24) is 0 Å². The maximum absolute atomic E-state index is 4.76. The second-order valence-corrected chi connectivity index (χ2v) is 0. The van der Waals surface area contributed by atoms with E-state index < -0.39 is 0 Å². The molecular weight excluding hydrogens is 213 g/mol. The summed E-state index contributed by atoms with van der Waals surface area (Å²) >= 11 is 0.847. The summed E-state index contributed by atoms with van der Waals surface area (Å²) in [6.07, 6.45) is 0. The average Bonchev–Trinajstić information content (AvgIpc) is 1.00. The molecule has 0 aliphatic rings. The first-order chi connectivity index (χ1) is 1.00. The monoisotopic (exact) mass is 225 g/mol. The minimum absolute atomic E-state index is 0. The number of hydrogen-bond acceptors (Lipinski definition) is 0. The van der Waals surface area contributed by atoms with Crippen LogP contribution in [0, 0.1) is 0 Å². The topological polar surface area (TPSA) is 220 Å². The Labute approximate surface area is 65.9 Å². The average molecular weight is 227 g/mol. The zero-order valence-electron chi connectivity index (χ0n) is 4.59. The molecule has 14 N–H and O–H groups in total. The zero-order chi connectivity index (χ0) is 2.00. The molecule has 0 unspecified atom stereocenters. The van der Waals surface area contributed by atoms with Gasteiger partial charge in [0.2, 0.25) is 0 Å². The second kappa shape index (κ2) is 1250. The van der Waals surface area contributed by atoms with Crippen molar-refractivity contribution in [2.75, 3.05) is 0 Å². The SMILES string of the molecule is O.O.O.O.O.O.O.[Cl][Zn]. The quantitative estimate of drug-likeness (QED) is 0.354. The summed E-state index contributed by atoms with van der Waals surface area (Å²) < 4.78 is 0. The summed E-state index contributed by atoms with van der Waals surface area (Å²) in [5.74, 6) is 0. The van der Waals surface area contributed by atoms with Gasteiger partial charge in [0.25, 0.3) is 0 Å². The van der Waals surface area contributed by atoms with Crippen LogP contribution in [0.5, 0.6) is 0 Å². The van der Waals surface area contributed by atoms with Gasteiger partial charge in [-0.1, -0.05) is 0 Å². The number of rotatable bonds is 0. The first-order valence-electron chi connectivity index (χ1n) is 0.267. The molecule has 0 saturated carbocycles. The van der Waals surface area contributed by atoms with Crippen molar-refractivity contribution < 1.29 is 55.6 Å². The van der Waals surface area contributed by atoms with Crippen molar-refractivity contribution in [2.24, 2.45) is 0 Å². The van der Waals surface area contributed by atoms with Crippen LogP contribution in [0.1, 0.15) is 0 Å². The van der Waals surface area contributed by atoms with E-state index in [1.54, 1.807) is 0 Å². The molecule has 0 aromatic carbocycles. The van der Waals surface area contributed by atoms with Gasteiger partial charge < -0.3 is 38.3 Å². The maximum atomic E-state index is 4.76. The predicted octanol–water partition coefficient (Wildman–Crippen LogP) is -5.09. The van der Waals surface area contributed by atoms with Gasteiger partial charge in [-0.05, 0) is 0 Å². The van der Waals surface area contributed by atoms with Crippen LogP contribution in [0.2, 0.25) is 0 Å². The molecule has 0 aliphatic carbocycles. The summed E-state index contributed by atoms with van der Waals surface area (Å²) in [7, 11) is 4.76. The fraction of sp³-hybridized carbons (Fsp3) is 0. The molecule has 0 fully saturated rings. The number of hydrogen-bond donors (Lipinski definition) is 0. The van der Waals surface area contributed by atoms with Crippen LogP contribution in [0.15, 0.2) is 0 Å². The molecule has 0 aliphatic heterocycles. The van der Waals surface area contributed by atoms with Gasteiger partial charge in [-0.15, -0.1) is 0 Å². The molecule has 7 nitrogen and oxygen atoms in total. The Morgan fingerprint density at radius 3 is 0.444 bits per heavy atom. The van der Waals surface area contributed by atoms with Crippen molar-refractivity contribution in [3.05, 3.63) is 0 Å². The van der Waals surface area contributed by atoms with E-state index in [4.69, 9.17) is 9.69 Å². The molecule has 0 spiro atoms. The van der Waals surface area contributed by atoms with Gasteiger partial charge >= 0.3 is 27.0 Å². The Hall–Kier alpha value is 0.633. The van der Waals surface area contributed by atoms with Crippen molar-refractivity contribution in [1.29, 1.82) is 0 Å².